The molecule has 0 aromatic heterocycles. The second kappa shape index (κ2) is 6.69. The second-order valence-electron chi connectivity index (χ2n) is 4.06. The number of carbonyl (C=O) groups is 1. The lowest BCUT2D eigenvalue weighted by molar-refractivity contribution is -0.384. The number of nitro benzene ring substituents is 1. The van der Waals surface area contributed by atoms with Crippen LogP contribution < -0.4 is 11.1 Å². The molecular formula is C12H17N3O4. The first kappa shape index (κ1) is 14.9. The summed E-state index contributed by atoms with van der Waals surface area (Å²) in [7, 11) is 1.54. The lowest BCUT2D eigenvalue weighted by atomic mass is 10.1. The zero-order valence-corrected chi connectivity index (χ0v) is 10.9. The summed E-state index contributed by atoms with van der Waals surface area (Å²) in [6.45, 7) is 2.28. The van der Waals surface area contributed by atoms with Gasteiger partial charge in [-0.25, -0.2) is 0 Å². The van der Waals surface area contributed by atoms with Gasteiger partial charge in [0, 0.05) is 24.9 Å². The zero-order chi connectivity index (χ0) is 14.4. The topological polar surface area (TPSA) is 107 Å². The second-order valence-corrected chi connectivity index (χ2v) is 4.06. The van der Waals surface area contributed by atoms with Crippen molar-refractivity contribution >= 4 is 17.3 Å². The lowest BCUT2D eigenvalue weighted by Crippen LogP contribution is -2.37. The van der Waals surface area contributed by atoms with Gasteiger partial charge in [0.25, 0.3) is 11.6 Å². The van der Waals surface area contributed by atoms with Gasteiger partial charge in [0.05, 0.1) is 23.1 Å². The molecule has 7 nitrogen and oxygen atoms in total. The Morgan fingerprint density at radius 2 is 2.26 bits per heavy atom. The third-order valence-corrected chi connectivity index (χ3v) is 2.69. The summed E-state index contributed by atoms with van der Waals surface area (Å²) in [4.78, 5) is 22.1. The first-order chi connectivity index (χ1) is 8.99. The van der Waals surface area contributed by atoms with Crippen molar-refractivity contribution in [2.75, 3.05) is 19.5 Å². The van der Waals surface area contributed by atoms with E-state index in [2.05, 4.69) is 5.32 Å². The van der Waals surface area contributed by atoms with Crippen molar-refractivity contribution in [2.45, 2.75) is 19.4 Å². The number of nitrogens with zero attached hydrogens (tertiary/aromatic N) is 1. The van der Waals surface area contributed by atoms with Crippen molar-refractivity contribution in [3.05, 3.63) is 33.9 Å². The molecule has 1 unspecified atom stereocenters. The number of anilines is 1. The van der Waals surface area contributed by atoms with E-state index in [0.29, 0.717) is 13.0 Å². The Morgan fingerprint density at radius 3 is 2.79 bits per heavy atom. The Kier molecular flexibility index (Phi) is 5.25. The molecule has 0 heterocycles. The molecule has 0 aliphatic rings. The number of hydrogen-bond acceptors (Lipinski definition) is 5. The highest BCUT2D eigenvalue weighted by Crippen LogP contribution is 2.19. The van der Waals surface area contributed by atoms with Gasteiger partial charge in [-0.2, -0.15) is 0 Å². The quantitative estimate of drug-likeness (QED) is 0.459. The fraction of sp³-hybridized carbons (Fsp3) is 0.417. The Labute approximate surface area is 110 Å². The Hall–Kier alpha value is -2.15. The minimum Gasteiger partial charge on any atom is -0.398 e. The van der Waals surface area contributed by atoms with Crippen LogP contribution in [-0.4, -0.2) is 30.6 Å². The van der Waals surface area contributed by atoms with Crippen molar-refractivity contribution in [1.82, 2.24) is 5.32 Å². The van der Waals surface area contributed by atoms with E-state index in [1.807, 2.05) is 6.92 Å². The van der Waals surface area contributed by atoms with Crippen molar-refractivity contribution < 1.29 is 14.5 Å². The highest BCUT2D eigenvalue weighted by molar-refractivity contribution is 5.99. The minimum atomic E-state index is -0.567. The third kappa shape index (κ3) is 3.92. The van der Waals surface area contributed by atoms with Gasteiger partial charge in [0.1, 0.15) is 0 Å². The van der Waals surface area contributed by atoms with E-state index >= 15 is 0 Å². The maximum atomic E-state index is 12.0. The van der Waals surface area contributed by atoms with Crippen LogP contribution in [0, 0.1) is 10.1 Å². The lowest BCUT2D eigenvalue weighted by Gasteiger charge is -2.16. The molecule has 104 valence electrons. The van der Waals surface area contributed by atoms with E-state index in [1.54, 1.807) is 0 Å². The number of hydrogen-bond donors (Lipinski definition) is 2. The summed E-state index contributed by atoms with van der Waals surface area (Å²) >= 11 is 0. The molecule has 0 saturated heterocycles. The number of nitrogen functional groups attached to an aromatic ring is 1. The number of rotatable bonds is 6. The first-order valence-corrected chi connectivity index (χ1v) is 5.83. The summed E-state index contributed by atoms with van der Waals surface area (Å²) in [5, 5.41) is 13.4. The number of benzene rings is 1. The molecular weight excluding hydrogens is 250 g/mol. The predicted molar refractivity (Wildman–Crippen MR) is 70.9 cm³/mol. The molecule has 7 heteroatoms. The van der Waals surface area contributed by atoms with E-state index in [4.69, 9.17) is 10.5 Å². The molecule has 0 fully saturated rings. The fourth-order valence-corrected chi connectivity index (χ4v) is 1.58. The van der Waals surface area contributed by atoms with Crippen molar-refractivity contribution in [1.29, 1.82) is 0 Å². The van der Waals surface area contributed by atoms with Gasteiger partial charge in [0.2, 0.25) is 0 Å². The molecule has 19 heavy (non-hydrogen) atoms. The predicted octanol–water partition coefficient (Wildman–Crippen LogP) is 1.33. The van der Waals surface area contributed by atoms with Gasteiger partial charge in [-0.15, -0.1) is 0 Å². The van der Waals surface area contributed by atoms with Gasteiger partial charge in [-0.1, -0.05) is 6.92 Å². The number of nitrogens with two attached hydrogens (primary N) is 1. The van der Waals surface area contributed by atoms with Gasteiger partial charge in [-0.05, 0) is 12.5 Å². The van der Waals surface area contributed by atoms with Crippen molar-refractivity contribution in [3.8, 4) is 0 Å². The van der Waals surface area contributed by atoms with E-state index in [0.717, 1.165) is 0 Å². The molecule has 1 atom stereocenters. The van der Waals surface area contributed by atoms with E-state index in [9.17, 15) is 14.9 Å². The summed E-state index contributed by atoms with van der Waals surface area (Å²) in [5.74, 6) is -0.440. The average Bonchev–Trinajstić information content (AvgIpc) is 2.38. The molecule has 0 aliphatic carbocycles. The third-order valence-electron chi connectivity index (χ3n) is 2.69. The summed E-state index contributed by atoms with van der Waals surface area (Å²) < 4.78 is 4.97. The molecule has 0 bridgehead atoms. The molecule has 1 amide bonds. The normalized spacial score (nSPS) is 11.9. The van der Waals surface area contributed by atoms with Crippen LogP contribution in [-0.2, 0) is 4.74 Å². The molecule has 0 spiro atoms. The first-order valence-electron chi connectivity index (χ1n) is 5.83. The molecule has 3 N–H and O–H groups in total. The number of non-ortho nitro benzene ring substituents is 1. The summed E-state index contributed by atoms with van der Waals surface area (Å²) in [6, 6.07) is 3.63. The SMILES string of the molecule is CCC(COC)NC(=O)c1cc([N+](=O)[O-])ccc1N. The van der Waals surface area contributed by atoms with Crippen LogP contribution in [0.5, 0.6) is 0 Å². The maximum absolute atomic E-state index is 12.0. The fourth-order valence-electron chi connectivity index (χ4n) is 1.58. The molecule has 0 radical (unpaired) electrons. The van der Waals surface area contributed by atoms with Crippen LogP contribution in [0.4, 0.5) is 11.4 Å². The number of carbonyl (C=O) groups excluding carboxylic acids is 1. The monoisotopic (exact) mass is 267 g/mol. The molecule has 1 aromatic rings. The molecule has 0 aliphatic heterocycles. The van der Waals surface area contributed by atoms with E-state index < -0.39 is 10.8 Å². The van der Waals surface area contributed by atoms with Crippen LogP contribution in [0.1, 0.15) is 23.7 Å². The van der Waals surface area contributed by atoms with Crippen LogP contribution >= 0.6 is 0 Å². The number of ether oxygens (including phenoxy) is 1. The van der Waals surface area contributed by atoms with Gasteiger partial charge >= 0.3 is 0 Å². The van der Waals surface area contributed by atoms with Crippen molar-refractivity contribution in [2.24, 2.45) is 0 Å². The maximum Gasteiger partial charge on any atom is 0.270 e. The van der Waals surface area contributed by atoms with Gasteiger partial charge in [0.15, 0.2) is 0 Å². The Bertz CT molecular complexity index is 476. The van der Waals surface area contributed by atoms with Crippen LogP contribution in [0.2, 0.25) is 0 Å². The summed E-state index contributed by atoms with van der Waals surface area (Å²) in [5.41, 5.74) is 5.80. The Morgan fingerprint density at radius 1 is 1.58 bits per heavy atom. The number of methoxy groups -OCH3 is 1. The minimum absolute atomic E-state index is 0.101. The average molecular weight is 267 g/mol. The highest BCUT2D eigenvalue weighted by Gasteiger charge is 2.17. The number of nitrogens with one attached hydrogen (secondary N) is 1. The molecule has 1 rings (SSSR count). The van der Waals surface area contributed by atoms with Crippen LogP contribution in [0.3, 0.4) is 0 Å². The largest absolute Gasteiger partial charge is 0.398 e. The molecule has 0 saturated carbocycles. The Balaban J connectivity index is 2.92. The number of amides is 1. The van der Waals surface area contributed by atoms with Gasteiger partial charge < -0.3 is 15.8 Å². The van der Waals surface area contributed by atoms with Crippen LogP contribution in [0.25, 0.3) is 0 Å². The smallest absolute Gasteiger partial charge is 0.270 e. The van der Waals surface area contributed by atoms with Crippen molar-refractivity contribution in [3.63, 3.8) is 0 Å². The van der Waals surface area contributed by atoms with E-state index in [1.165, 1.54) is 25.3 Å². The van der Waals surface area contributed by atoms with E-state index in [-0.39, 0.29) is 23.0 Å². The molecule has 1 aromatic carbocycles. The summed E-state index contributed by atoms with van der Waals surface area (Å²) in [6.07, 6.45) is 0.689. The number of nitro groups is 1. The van der Waals surface area contributed by atoms with Crippen LogP contribution in [0.15, 0.2) is 18.2 Å². The van der Waals surface area contributed by atoms with Gasteiger partial charge in [-0.3, -0.25) is 14.9 Å². The highest BCUT2D eigenvalue weighted by atomic mass is 16.6. The standard InChI is InChI=1S/C12H17N3O4/c1-3-8(7-19-2)14-12(16)10-6-9(15(17)18)4-5-11(10)13/h4-6,8H,3,7,13H2,1-2H3,(H,14,16). The zero-order valence-electron chi connectivity index (χ0n) is 10.9.